The molecule has 0 atom stereocenters. The van der Waals surface area contributed by atoms with Crippen molar-refractivity contribution in [3.63, 3.8) is 0 Å². The van der Waals surface area contributed by atoms with E-state index in [9.17, 15) is 23.3 Å². The number of nitro benzene ring substituents is 1. The van der Waals surface area contributed by atoms with Gasteiger partial charge in [0, 0.05) is 38.3 Å². The summed E-state index contributed by atoms with van der Waals surface area (Å²) in [5.74, 6) is -0.155. The minimum absolute atomic E-state index is 0.0135. The van der Waals surface area contributed by atoms with E-state index in [1.54, 1.807) is 6.92 Å². The average molecular weight is 357 g/mol. The van der Waals surface area contributed by atoms with Crippen LogP contribution >= 0.6 is 0 Å². The lowest BCUT2D eigenvalue weighted by Gasteiger charge is -2.34. The first-order valence-electron chi connectivity index (χ1n) is 7.39. The molecule has 1 aromatic rings. The fourth-order valence-electron chi connectivity index (χ4n) is 2.50. The van der Waals surface area contributed by atoms with E-state index in [1.807, 2.05) is 0 Å². The summed E-state index contributed by atoms with van der Waals surface area (Å²) in [5.41, 5.74) is -0.107. The third-order valence-corrected chi connectivity index (χ3v) is 5.79. The van der Waals surface area contributed by atoms with Crippen molar-refractivity contribution in [1.82, 2.24) is 9.21 Å². The van der Waals surface area contributed by atoms with Crippen LogP contribution in [0.3, 0.4) is 0 Å². The van der Waals surface area contributed by atoms with Crippen LogP contribution in [0.1, 0.15) is 17.3 Å². The fraction of sp³-hybridized carbons (Fsp3) is 0.500. The number of nitro groups is 1. The van der Waals surface area contributed by atoms with E-state index in [0.29, 0.717) is 0 Å². The van der Waals surface area contributed by atoms with Crippen molar-refractivity contribution >= 4 is 21.6 Å². The van der Waals surface area contributed by atoms with Crippen LogP contribution in [0.4, 0.5) is 5.69 Å². The summed E-state index contributed by atoms with van der Waals surface area (Å²) >= 11 is 0. The summed E-state index contributed by atoms with van der Waals surface area (Å²) < 4.78 is 30.2. The second-order valence-corrected chi connectivity index (χ2v) is 7.49. The van der Waals surface area contributed by atoms with Crippen molar-refractivity contribution in [2.45, 2.75) is 6.92 Å². The highest BCUT2D eigenvalue weighted by molar-refractivity contribution is 7.89. The molecule has 0 bridgehead atoms. The molecule has 1 aromatic carbocycles. The number of non-ortho nitro benzene ring substituents is 1. The number of hydrogen-bond acceptors (Lipinski definition) is 6. The summed E-state index contributed by atoms with van der Waals surface area (Å²) in [4.78, 5) is 24.4. The molecule has 1 aliphatic heterocycles. The molecule has 0 aromatic heterocycles. The van der Waals surface area contributed by atoms with Crippen LogP contribution in [0.25, 0.3) is 0 Å². The van der Waals surface area contributed by atoms with E-state index in [4.69, 9.17) is 4.74 Å². The number of hydrogen-bond donors (Lipinski definition) is 0. The number of sulfonamides is 1. The summed E-state index contributed by atoms with van der Waals surface area (Å²) in [6.07, 6.45) is 0. The van der Waals surface area contributed by atoms with Gasteiger partial charge in [0.2, 0.25) is 10.0 Å². The predicted octanol–water partition coefficient (Wildman–Crippen LogP) is 0.711. The van der Waals surface area contributed by atoms with Crippen LogP contribution in [0, 0.1) is 10.1 Å². The molecule has 0 spiro atoms. The summed E-state index contributed by atoms with van der Waals surface area (Å²) in [6.45, 7) is 2.44. The maximum absolute atomic E-state index is 12.6. The van der Waals surface area contributed by atoms with Gasteiger partial charge in [0.25, 0.3) is 11.6 Å². The Balaban J connectivity index is 2.19. The monoisotopic (exact) mass is 357 g/mol. The molecular formula is C14H19N3O6S. The fourth-order valence-corrected chi connectivity index (χ4v) is 3.58. The molecule has 1 fully saturated rings. The first-order valence-corrected chi connectivity index (χ1v) is 9.00. The summed E-state index contributed by atoms with van der Waals surface area (Å²) in [6, 6.07) is 3.82. The number of methoxy groups -OCH3 is 1. The van der Waals surface area contributed by atoms with Crippen molar-refractivity contribution in [3.05, 3.63) is 33.9 Å². The molecule has 0 saturated carbocycles. The van der Waals surface area contributed by atoms with Crippen LogP contribution in [0.15, 0.2) is 18.2 Å². The van der Waals surface area contributed by atoms with Gasteiger partial charge in [-0.05, 0) is 13.0 Å². The lowest BCUT2D eigenvalue weighted by molar-refractivity contribution is -0.384. The zero-order valence-electron chi connectivity index (χ0n) is 13.5. The lowest BCUT2D eigenvalue weighted by atomic mass is 10.1. The van der Waals surface area contributed by atoms with Gasteiger partial charge >= 0.3 is 0 Å². The zero-order valence-corrected chi connectivity index (χ0v) is 14.3. The van der Waals surface area contributed by atoms with Gasteiger partial charge in [-0.15, -0.1) is 0 Å². The Labute approximate surface area is 140 Å². The van der Waals surface area contributed by atoms with Crippen molar-refractivity contribution in [1.29, 1.82) is 0 Å². The number of carbonyl (C=O) groups excluding carboxylic acids is 1. The quantitative estimate of drug-likeness (QED) is 0.567. The molecule has 0 radical (unpaired) electrons. The number of nitrogens with zero attached hydrogens (tertiary/aromatic N) is 3. The average Bonchev–Trinajstić information content (AvgIpc) is 2.60. The molecular weight excluding hydrogens is 338 g/mol. The lowest BCUT2D eigenvalue weighted by Crippen LogP contribution is -2.50. The minimum atomic E-state index is -3.28. The van der Waals surface area contributed by atoms with E-state index >= 15 is 0 Å². The number of piperazine rings is 1. The second kappa shape index (κ2) is 7.14. The Morgan fingerprint density at radius 2 is 1.92 bits per heavy atom. The van der Waals surface area contributed by atoms with Gasteiger partial charge in [0.1, 0.15) is 5.75 Å². The summed E-state index contributed by atoms with van der Waals surface area (Å²) in [5, 5.41) is 10.9. The smallest absolute Gasteiger partial charge is 0.270 e. The molecule has 9 nitrogen and oxygen atoms in total. The van der Waals surface area contributed by atoms with Crippen LogP contribution < -0.4 is 4.74 Å². The summed E-state index contributed by atoms with van der Waals surface area (Å²) in [7, 11) is -1.91. The van der Waals surface area contributed by atoms with E-state index in [2.05, 4.69) is 0 Å². The van der Waals surface area contributed by atoms with Gasteiger partial charge < -0.3 is 9.64 Å². The molecule has 10 heteroatoms. The van der Waals surface area contributed by atoms with Crippen LogP contribution in [-0.4, -0.2) is 67.5 Å². The number of benzene rings is 1. The van der Waals surface area contributed by atoms with Gasteiger partial charge in [-0.3, -0.25) is 14.9 Å². The Morgan fingerprint density at radius 3 is 2.42 bits per heavy atom. The van der Waals surface area contributed by atoms with Crippen LogP contribution in [-0.2, 0) is 10.0 Å². The third kappa shape index (κ3) is 3.65. The Kier molecular flexibility index (Phi) is 5.40. The van der Waals surface area contributed by atoms with Crippen LogP contribution in [0.5, 0.6) is 5.75 Å². The maximum atomic E-state index is 12.6. The highest BCUT2D eigenvalue weighted by atomic mass is 32.2. The number of ether oxygens (including phenoxy) is 1. The Bertz CT molecular complexity index is 741. The van der Waals surface area contributed by atoms with E-state index < -0.39 is 20.9 Å². The van der Waals surface area contributed by atoms with Gasteiger partial charge in [0.15, 0.2) is 0 Å². The molecule has 0 N–H and O–H groups in total. The first kappa shape index (κ1) is 18.1. The molecule has 1 amide bonds. The van der Waals surface area contributed by atoms with Crippen LogP contribution in [0.2, 0.25) is 0 Å². The molecule has 132 valence electrons. The number of amides is 1. The normalized spacial score (nSPS) is 16.0. The highest BCUT2D eigenvalue weighted by Crippen LogP contribution is 2.26. The molecule has 24 heavy (non-hydrogen) atoms. The first-order chi connectivity index (χ1) is 11.3. The predicted molar refractivity (Wildman–Crippen MR) is 86.6 cm³/mol. The van der Waals surface area contributed by atoms with Crippen molar-refractivity contribution in [2.75, 3.05) is 39.0 Å². The minimum Gasteiger partial charge on any atom is -0.496 e. The Hall–Kier alpha value is -2.20. The van der Waals surface area contributed by atoms with E-state index in [1.165, 1.54) is 34.5 Å². The van der Waals surface area contributed by atoms with Gasteiger partial charge in [-0.2, -0.15) is 4.31 Å². The molecule has 1 aliphatic rings. The third-order valence-electron chi connectivity index (χ3n) is 3.91. The maximum Gasteiger partial charge on any atom is 0.270 e. The number of carbonyl (C=O) groups is 1. The standard InChI is InChI=1S/C14H19N3O6S/c1-3-24(21,22)16-8-6-15(7-9-16)14(18)12-10-11(17(19)20)4-5-13(12)23-2/h4-5,10H,3,6-9H2,1-2H3. The molecule has 1 heterocycles. The van der Waals surface area contributed by atoms with Crippen molar-refractivity contribution in [3.8, 4) is 5.75 Å². The SMILES string of the molecule is CCS(=O)(=O)N1CCN(C(=O)c2cc([N+](=O)[O-])ccc2OC)CC1. The highest BCUT2D eigenvalue weighted by Gasteiger charge is 2.29. The number of rotatable bonds is 5. The van der Waals surface area contributed by atoms with Crippen molar-refractivity contribution in [2.24, 2.45) is 0 Å². The van der Waals surface area contributed by atoms with Crippen molar-refractivity contribution < 1.29 is 22.9 Å². The van der Waals surface area contributed by atoms with E-state index in [-0.39, 0.29) is 48.9 Å². The molecule has 0 aliphatic carbocycles. The molecule has 0 unspecified atom stereocenters. The topological polar surface area (TPSA) is 110 Å². The largest absolute Gasteiger partial charge is 0.496 e. The zero-order chi connectivity index (χ0) is 17.9. The second-order valence-electron chi connectivity index (χ2n) is 5.23. The van der Waals surface area contributed by atoms with E-state index in [0.717, 1.165) is 0 Å². The van der Waals surface area contributed by atoms with Gasteiger partial charge in [0.05, 0.1) is 23.3 Å². The van der Waals surface area contributed by atoms with Gasteiger partial charge in [-0.25, -0.2) is 8.42 Å². The molecule has 2 rings (SSSR count). The molecule has 1 saturated heterocycles. The Morgan fingerprint density at radius 1 is 1.29 bits per heavy atom. The van der Waals surface area contributed by atoms with Gasteiger partial charge in [-0.1, -0.05) is 0 Å².